The van der Waals surface area contributed by atoms with Gasteiger partial charge in [-0.3, -0.25) is 0 Å². The molecule has 1 aliphatic carbocycles. The van der Waals surface area contributed by atoms with Gasteiger partial charge < -0.3 is 5.73 Å². The molecule has 0 radical (unpaired) electrons. The van der Waals surface area contributed by atoms with E-state index in [-0.39, 0.29) is 11.5 Å². The van der Waals surface area contributed by atoms with E-state index in [1.807, 2.05) is 0 Å². The molecule has 1 nitrogen and oxygen atoms in total. The number of aryl methyl sites for hydroxylation is 1. The zero-order chi connectivity index (χ0) is 13.3. The summed E-state index contributed by atoms with van der Waals surface area (Å²) in [6, 6.07) is 2.21. The van der Waals surface area contributed by atoms with Crippen LogP contribution in [0.4, 0.5) is 8.78 Å². The summed E-state index contributed by atoms with van der Waals surface area (Å²) in [6.07, 6.45) is 5.35. The number of hydrogen-bond acceptors (Lipinski definition) is 1. The highest BCUT2D eigenvalue weighted by Crippen LogP contribution is 2.49. The lowest BCUT2D eigenvalue weighted by Crippen LogP contribution is -2.32. The summed E-state index contributed by atoms with van der Waals surface area (Å²) < 4.78 is 27.2. The van der Waals surface area contributed by atoms with Crippen LogP contribution in [0, 0.1) is 24.0 Å². The lowest BCUT2D eigenvalue weighted by Gasteiger charge is -2.35. The fourth-order valence-corrected chi connectivity index (χ4v) is 3.21. The molecule has 18 heavy (non-hydrogen) atoms. The maximum Gasteiger partial charge on any atom is 0.130 e. The molecule has 1 aromatic rings. The highest BCUT2D eigenvalue weighted by Gasteiger charge is 2.39. The van der Waals surface area contributed by atoms with Crippen LogP contribution in [-0.2, 0) is 0 Å². The zero-order valence-electron chi connectivity index (χ0n) is 11.1. The third kappa shape index (κ3) is 2.16. The Hall–Kier alpha value is -0.960. The molecule has 0 aromatic heterocycles. The van der Waals surface area contributed by atoms with Crippen molar-refractivity contribution in [2.24, 2.45) is 11.1 Å². The number of rotatable bonds is 3. The van der Waals surface area contributed by atoms with Crippen LogP contribution >= 0.6 is 0 Å². The third-order valence-electron chi connectivity index (χ3n) is 4.58. The molecular formula is C15H21F2N. The molecule has 0 bridgehead atoms. The molecule has 1 unspecified atom stereocenters. The van der Waals surface area contributed by atoms with E-state index < -0.39 is 11.6 Å². The quantitative estimate of drug-likeness (QED) is 0.856. The van der Waals surface area contributed by atoms with Crippen molar-refractivity contribution in [3.05, 3.63) is 34.9 Å². The predicted molar refractivity (Wildman–Crippen MR) is 69.2 cm³/mol. The van der Waals surface area contributed by atoms with Crippen molar-refractivity contribution >= 4 is 0 Å². The lowest BCUT2D eigenvalue weighted by atomic mass is 9.73. The molecule has 0 aliphatic heterocycles. The molecule has 2 N–H and O–H groups in total. The average Bonchev–Trinajstić information content (AvgIpc) is 2.83. The molecule has 2 rings (SSSR count). The Labute approximate surface area is 107 Å². The van der Waals surface area contributed by atoms with Gasteiger partial charge in [-0.2, -0.15) is 0 Å². The Morgan fingerprint density at radius 1 is 1.22 bits per heavy atom. The van der Waals surface area contributed by atoms with E-state index in [4.69, 9.17) is 5.73 Å². The maximum absolute atomic E-state index is 13.9. The van der Waals surface area contributed by atoms with Crippen LogP contribution in [0.2, 0.25) is 0 Å². The summed E-state index contributed by atoms with van der Waals surface area (Å²) in [4.78, 5) is 0. The standard InChI is InChI=1S/C15H21F2N/c1-3-15(6-4-5-7-15)14(18)11-8-10(2)12(16)9-13(11)17/h8-9,14H,3-7,18H2,1-2H3. The third-order valence-corrected chi connectivity index (χ3v) is 4.58. The normalized spacial score (nSPS) is 20.1. The number of benzene rings is 1. The molecule has 0 amide bonds. The largest absolute Gasteiger partial charge is 0.323 e. The van der Waals surface area contributed by atoms with Gasteiger partial charge in [0.15, 0.2) is 0 Å². The van der Waals surface area contributed by atoms with Crippen molar-refractivity contribution in [3.8, 4) is 0 Å². The molecule has 1 atom stereocenters. The Morgan fingerprint density at radius 2 is 1.83 bits per heavy atom. The first-order valence-corrected chi connectivity index (χ1v) is 6.71. The zero-order valence-corrected chi connectivity index (χ0v) is 11.1. The van der Waals surface area contributed by atoms with Crippen LogP contribution in [0.5, 0.6) is 0 Å². The highest BCUT2D eigenvalue weighted by molar-refractivity contribution is 5.29. The maximum atomic E-state index is 13.9. The van der Waals surface area contributed by atoms with Crippen molar-refractivity contribution in [2.75, 3.05) is 0 Å². The first-order chi connectivity index (χ1) is 8.50. The van der Waals surface area contributed by atoms with Crippen molar-refractivity contribution < 1.29 is 8.78 Å². The summed E-state index contributed by atoms with van der Waals surface area (Å²) in [5.41, 5.74) is 7.23. The Balaban J connectivity index is 2.39. The average molecular weight is 253 g/mol. The first-order valence-electron chi connectivity index (χ1n) is 6.71. The van der Waals surface area contributed by atoms with Gasteiger partial charge in [0, 0.05) is 17.7 Å². The summed E-state index contributed by atoms with van der Waals surface area (Å²) in [7, 11) is 0. The molecule has 1 fully saturated rings. The minimum atomic E-state index is -0.509. The van der Waals surface area contributed by atoms with Crippen LogP contribution in [0.25, 0.3) is 0 Å². The molecule has 1 saturated carbocycles. The summed E-state index contributed by atoms with van der Waals surface area (Å²) >= 11 is 0. The van der Waals surface area contributed by atoms with E-state index in [9.17, 15) is 8.78 Å². The van der Waals surface area contributed by atoms with Gasteiger partial charge in [-0.05, 0) is 43.2 Å². The number of hydrogen-bond donors (Lipinski definition) is 1. The van der Waals surface area contributed by atoms with Gasteiger partial charge in [0.1, 0.15) is 11.6 Å². The topological polar surface area (TPSA) is 26.0 Å². The molecule has 0 spiro atoms. The van der Waals surface area contributed by atoms with E-state index >= 15 is 0 Å². The second kappa shape index (κ2) is 4.96. The Kier molecular flexibility index (Phi) is 3.71. The molecule has 1 aliphatic rings. The summed E-state index contributed by atoms with van der Waals surface area (Å²) in [5, 5.41) is 0. The second-order valence-corrected chi connectivity index (χ2v) is 5.52. The van der Waals surface area contributed by atoms with Gasteiger partial charge in [0.05, 0.1) is 0 Å². The van der Waals surface area contributed by atoms with Gasteiger partial charge in [-0.1, -0.05) is 19.8 Å². The van der Waals surface area contributed by atoms with Crippen LogP contribution in [0.1, 0.15) is 56.2 Å². The van der Waals surface area contributed by atoms with Crippen LogP contribution in [0.15, 0.2) is 12.1 Å². The van der Waals surface area contributed by atoms with Crippen molar-refractivity contribution in [2.45, 2.75) is 52.0 Å². The van der Waals surface area contributed by atoms with Gasteiger partial charge in [-0.15, -0.1) is 0 Å². The fourth-order valence-electron chi connectivity index (χ4n) is 3.21. The van der Waals surface area contributed by atoms with Gasteiger partial charge >= 0.3 is 0 Å². The van der Waals surface area contributed by atoms with Crippen molar-refractivity contribution in [1.29, 1.82) is 0 Å². The molecule has 1 aromatic carbocycles. The Morgan fingerprint density at radius 3 is 2.39 bits per heavy atom. The van der Waals surface area contributed by atoms with Crippen LogP contribution < -0.4 is 5.73 Å². The Bertz CT molecular complexity index is 436. The van der Waals surface area contributed by atoms with E-state index in [0.29, 0.717) is 11.1 Å². The number of halogens is 2. The monoisotopic (exact) mass is 253 g/mol. The van der Waals surface area contributed by atoms with E-state index in [1.54, 1.807) is 13.0 Å². The van der Waals surface area contributed by atoms with Gasteiger partial charge in [0.25, 0.3) is 0 Å². The van der Waals surface area contributed by atoms with Crippen molar-refractivity contribution in [1.82, 2.24) is 0 Å². The molecule has 3 heteroatoms. The van der Waals surface area contributed by atoms with Crippen LogP contribution in [0.3, 0.4) is 0 Å². The minimum Gasteiger partial charge on any atom is -0.323 e. The summed E-state index contributed by atoms with van der Waals surface area (Å²) in [5.74, 6) is -1.01. The van der Waals surface area contributed by atoms with Crippen LogP contribution in [-0.4, -0.2) is 0 Å². The van der Waals surface area contributed by atoms with Gasteiger partial charge in [-0.25, -0.2) is 8.78 Å². The van der Waals surface area contributed by atoms with E-state index in [1.165, 1.54) is 0 Å². The lowest BCUT2D eigenvalue weighted by molar-refractivity contribution is 0.218. The summed E-state index contributed by atoms with van der Waals surface area (Å²) in [6.45, 7) is 3.76. The van der Waals surface area contributed by atoms with E-state index in [0.717, 1.165) is 38.2 Å². The minimum absolute atomic E-state index is 0.00882. The first kappa shape index (κ1) is 13.5. The number of nitrogens with two attached hydrogens (primary N) is 1. The van der Waals surface area contributed by atoms with E-state index in [2.05, 4.69) is 6.92 Å². The molecule has 0 heterocycles. The van der Waals surface area contributed by atoms with Gasteiger partial charge in [0.2, 0.25) is 0 Å². The second-order valence-electron chi connectivity index (χ2n) is 5.52. The SMILES string of the molecule is CCC1(C(N)c2cc(C)c(F)cc2F)CCCC1. The smallest absolute Gasteiger partial charge is 0.130 e. The molecule has 0 saturated heterocycles. The predicted octanol–water partition coefficient (Wildman–Crippen LogP) is 4.24. The fraction of sp³-hybridized carbons (Fsp3) is 0.600. The molecular weight excluding hydrogens is 232 g/mol. The molecule has 100 valence electrons. The highest BCUT2D eigenvalue weighted by atomic mass is 19.1. The van der Waals surface area contributed by atoms with Crippen molar-refractivity contribution in [3.63, 3.8) is 0 Å².